The lowest BCUT2D eigenvalue weighted by molar-refractivity contribution is -0.119. The molecule has 1 saturated heterocycles. The van der Waals surface area contributed by atoms with Crippen LogP contribution in [0.4, 0.5) is 5.82 Å². The molecule has 0 aliphatic carbocycles. The number of rotatable bonds is 3. The van der Waals surface area contributed by atoms with Crippen LogP contribution in [0.5, 0.6) is 0 Å². The van der Waals surface area contributed by atoms with E-state index in [-0.39, 0.29) is 18.1 Å². The van der Waals surface area contributed by atoms with Crippen LogP contribution in [0.2, 0.25) is 0 Å². The fourth-order valence-corrected chi connectivity index (χ4v) is 2.39. The maximum atomic E-state index is 11.5. The number of carbonyl (C=O) groups excluding carboxylic acids is 1. The van der Waals surface area contributed by atoms with Crippen molar-refractivity contribution in [2.45, 2.75) is 25.5 Å². The molecule has 0 bridgehead atoms. The van der Waals surface area contributed by atoms with Crippen molar-refractivity contribution in [2.24, 2.45) is 5.73 Å². The van der Waals surface area contributed by atoms with E-state index in [4.69, 9.17) is 10.5 Å². The van der Waals surface area contributed by atoms with Crippen LogP contribution >= 0.6 is 15.9 Å². The molecule has 0 unspecified atom stereocenters. The van der Waals surface area contributed by atoms with Crippen molar-refractivity contribution in [1.29, 1.82) is 0 Å². The highest BCUT2D eigenvalue weighted by atomic mass is 79.9. The van der Waals surface area contributed by atoms with Gasteiger partial charge in [-0.25, -0.2) is 4.98 Å². The largest absolute Gasteiger partial charge is 0.380 e. The number of primary amides is 1. The molecule has 1 fully saturated rings. The van der Waals surface area contributed by atoms with Gasteiger partial charge in [0.25, 0.3) is 0 Å². The Morgan fingerprint density at radius 3 is 2.94 bits per heavy atom. The number of amides is 1. The molecule has 1 aromatic heterocycles. The third-order valence-electron chi connectivity index (χ3n) is 3.25. The van der Waals surface area contributed by atoms with Gasteiger partial charge < -0.3 is 15.4 Å². The summed E-state index contributed by atoms with van der Waals surface area (Å²) in [5.74, 6) is 0.427. The Hall–Kier alpha value is -1.14. The molecule has 2 heterocycles. The van der Waals surface area contributed by atoms with Gasteiger partial charge >= 0.3 is 0 Å². The van der Waals surface area contributed by atoms with Crippen LogP contribution in [0.3, 0.4) is 0 Å². The average Bonchev–Trinajstić information content (AvgIpc) is 2.77. The van der Waals surface area contributed by atoms with Gasteiger partial charge in [0.05, 0.1) is 6.10 Å². The summed E-state index contributed by atoms with van der Waals surface area (Å²) in [6.45, 7) is 2.62. The van der Waals surface area contributed by atoms with E-state index in [1.54, 1.807) is 13.3 Å². The molecule has 6 heteroatoms. The van der Waals surface area contributed by atoms with Crippen molar-refractivity contribution in [2.75, 3.05) is 18.6 Å². The van der Waals surface area contributed by atoms with Gasteiger partial charge in [-0.15, -0.1) is 0 Å². The second kappa shape index (κ2) is 5.24. The van der Waals surface area contributed by atoms with Crippen LogP contribution in [0, 0.1) is 6.92 Å². The second-order valence-corrected chi connectivity index (χ2v) is 5.31. The third-order valence-corrected chi connectivity index (χ3v) is 4.08. The Labute approximate surface area is 114 Å². The highest BCUT2D eigenvalue weighted by Crippen LogP contribution is 2.27. The van der Waals surface area contributed by atoms with E-state index in [2.05, 4.69) is 20.9 Å². The minimum atomic E-state index is -0.344. The maximum absolute atomic E-state index is 11.5. The number of ether oxygens (including phenoxy) is 1. The Kier molecular flexibility index (Phi) is 3.87. The van der Waals surface area contributed by atoms with Crippen LogP contribution in [-0.4, -0.2) is 36.7 Å². The van der Waals surface area contributed by atoms with Crippen LogP contribution in [0.15, 0.2) is 16.7 Å². The van der Waals surface area contributed by atoms with Gasteiger partial charge in [-0.3, -0.25) is 4.79 Å². The second-order valence-electron chi connectivity index (χ2n) is 4.46. The zero-order chi connectivity index (χ0) is 13.3. The monoisotopic (exact) mass is 313 g/mol. The van der Waals surface area contributed by atoms with Gasteiger partial charge in [0.15, 0.2) is 0 Å². The molecule has 2 N–H and O–H groups in total. The van der Waals surface area contributed by atoms with E-state index < -0.39 is 0 Å². The number of methoxy groups -OCH3 is 1. The van der Waals surface area contributed by atoms with Crippen molar-refractivity contribution in [3.8, 4) is 0 Å². The van der Waals surface area contributed by atoms with Crippen LogP contribution in [0.1, 0.15) is 12.0 Å². The van der Waals surface area contributed by atoms with Gasteiger partial charge in [0, 0.05) is 30.7 Å². The van der Waals surface area contributed by atoms with Gasteiger partial charge in [0.2, 0.25) is 5.91 Å². The van der Waals surface area contributed by atoms with Crippen molar-refractivity contribution < 1.29 is 9.53 Å². The van der Waals surface area contributed by atoms with Gasteiger partial charge in [-0.2, -0.15) is 0 Å². The fraction of sp³-hybridized carbons (Fsp3) is 0.500. The summed E-state index contributed by atoms with van der Waals surface area (Å²) in [5, 5.41) is 0. The molecule has 0 aromatic carbocycles. The van der Waals surface area contributed by atoms with E-state index >= 15 is 0 Å². The summed E-state index contributed by atoms with van der Waals surface area (Å²) >= 11 is 3.41. The van der Waals surface area contributed by atoms with Gasteiger partial charge in [-0.1, -0.05) is 0 Å². The number of carbonyl (C=O) groups is 1. The van der Waals surface area contributed by atoms with Crippen molar-refractivity contribution in [3.05, 3.63) is 22.3 Å². The predicted molar refractivity (Wildman–Crippen MR) is 72.4 cm³/mol. The zero-order valence-corrected chi connectivity index (χ0v) is 12.0. The Morgan fingerprint density at radius 2 is 2.39 bits per heavy atom. The first-order valence-corrected chi connectivity index (χ1v) is 6.53. The van der Waals surface area contributed by atoms with Crippen molar-refractivity contribution in [1.82, 2.24) is 4.98 Å². The van der Waals surface area contributed by atoms with E-state index in [1.807, 2.05) is 17.9 Å². The smallest absolute Gasteiger partial charge is 0.240 e. The number of aryl methyl sites for hydroxylation is 1. The summed E-state index contributed by atoms with van der Waals surface area (Å²) in [4.78, 5) is 17.7. The number of nitrogens with zero attached hydrogens (tertiary/aromatic N) is 2. The molecule has 5 nitrogen and oxygen atoms in total. The Balaban J connectivity index is 2.29. The molecule has 98 valence electrons. The average molecular weight is 314 g/mol. The van der Waals surface area contributed by atoms with E-state index in [0.717, 1.165) is 15.9 Å². The maximum Gasteiger partial charge on any atom is 0.240 e. The molecule has 1 amide bonds. The number of halogens is 1. The third kappa shape index (κ3) is 2.49. The van der Waals surface area contributed by atoms with Gasteiger partial charge in [0.1, 0.15) is 11.9 Å². The molecule has 1 aliphatic heterocycles. The zero-order valence-electron chi connectivity index (χ0n) is 10.4. The molecule has 2 rings (SSSR count). The summed E-state index contributed by atoms with van der Waals surface area (Å²) in [7, 11) is 1.65. The summed E-state index contributed by atoms with van der Waals surface area (Å²) in [5.41, 5.74) is 6.51. The molecule has 0 spiro atoms. The van der Waals surface area contributed by atoms with E-state index in [0.29, 0.717) is 13.0 Å². The highest BCUT2D eigenvalue weighted by Gasteiger charge is 2.36. The molecule has 0 saturated carbocycles. The molecular formula is C12H16BrN3O2. The molecule has 2 atom stereocenters. The molecule has 1 aromatic rings. The number of aromatic nitrogens is 1. The van der Waals surface area contributed by atoms with Gasteiger partial charge in [-0.05, 0) is 34.5 Å². The van der Waals surface area contributed by atoms with Crippen LogP contribution in [-0.2, 0) is 9.53 Å². The van der Waals surface area contributed by atoms with Crippen LogP contribution < -0.4 is 10.6 Å². The van der Waals surface area contributed by atoms with E-state index in [9.17, 15) is 4.79 Å². The van der Waals surface area contributed by atoms with Crippen molar-refractivity contribution in [3.63, 3.8) is 0 Å². The fourth-order valence-electron chi connectivity index (χ4n) is 2.17. The Morgan fingerprint density at radius 1 is 1.67 bits per heavy atom. The van der Waals surface area contributed by atoms with Crippen LogP contribution in [0.25, 0.3) is 0 Å². The molecular weight excluding hydrogens is 298 g/mol. The number of nitrogens with two attached hydrogens (primary N) is 1. The minimum absolute atomic E-state index is 0.0215. The quantitative estimate of drug-likeness (QED) is 0.911. The first kappa shape index (κ1) is 13.3. The van der Waals surface area contributed by atoms with Crippen molar-refractivity contribution >= 4 is 27.7 Å². The number of anilines is 1. The lowest BCUT2D eigenvalue weighted by Gasteiger charge is -2.23. The molecule has 18 heavy (non-hydrogen) atoms. The Bertz CT molecular complexity index is 467. The lowest BCUT2D eigenvalue weighted by atomic mass is 10.2. The SMILES string of the molecule is CO[C@H]1C[C@@H](C(N)=O)N(c2cc(C)c(Br)cn2)C1. The molecule has 0 radical (unpaired) electrons. The predicted octanol–water partition coefficient (Wildman–Crippen LogP) is 1.23. The molecule has 1 aliphatic rings. The first-order chi connectivity index (χ1) is 8.52. The number of hydrogen-bond acceptors (Lipinski definition) is 4. The summed E-state index contributed by atoms with van der Waals surface area (Å²) in [6, 6.07) is 1.60. The first-order valence-electron chi connectivity index (χ1n) is 5.74. The summed E-state index contributed by atoms with van der Waals surface area (Å²) < 4.78 is 6.26. The lowest BCUT2D eigenvalue weighted by Crippen LogP contribution is -2.40. The normalized spacial score (nSPS) is 23.4. The standard InChI is InChI=1S/C12H16BrN3O2/c1-7-3-11(15-5-9(7)13)16-6-8(18-2)4-10(16)12(14)17/h3,5,8,10H,4,6H2,1-2H3,(H2,14,17)/t8-,10-/m0/s1. The number of hydrogen-bond donors (Lipinski definition) is 1. The topological polar surface area (TPSA) is 68.5 Å². The summed E-state index contributed by atoms with van der Waals surface area (Å²) in [6.07, 6.45) is 2.37. The minimum Gasteiger partial charge on any atom is -0.380 e. The highest BCUT2D eigenvalue weighted by molar-refractivity contribution is 9.10. The number of pyridine rings is 1. The van der Waals surface area contributed by atoms with E-state index in [1.165, 1.54) is 0 Å².